The molecule has 0 spiro atoms. The number of halogens is 1. The molecule has 1 saturated heterocycles. The van der Waals surface area contributed by atoms with E-state index in [1.807, 2.05) is 33.7 Å². The highest BCUT2D eigenvalue weighted by molar-refractivity contribution is 9.10. The lowest BCUT2D eigenvalue weighted by Gasteiger charge is -2.32. The fourth-order valence-corrected chi connectivity index (χ4v) is 3.36. The summed E-state index contributed by atoms with van der Waals surface area (Å²) < 4.78 is 8.53. The molecule has 1 unspecified atom stereocenters. The first kappa shape index (κ1) is 17.0. The van der Waals surface area contributed by atoms with Crippen LogP contribution in [0.2, 0.25) is 0 Å². The highest BCUT2D eigenvalue weighted by atomic mass is 79.9. The lowest BCUT2D eigenvalue weighted by molar-refractivity contribution is -0.134. The third-order valence-electron chi connectivity index (χ3n) is 4.43. The number of imidazole rings is 1. The van der Waals surface area contributed by atoms with Crippen LogP contribution < -0.4 is 4.74 Å². The van der Waals surface area contributed by atoms with Crippen molar-refractivity contribution < 1.29 is 9.53 Å². The molecule has 2 aromatic heterocycles. The predicted octanol–water partition coefficient (Wildman–Crippen LogP) is 2.66. The van der Waals surface area contributed by atoms with Crippen molar-refractivity contribution in [3.05, 3.63) is 47.5 Å². The van der Waals surface area contributed by atoms with E-state index in [-0.39, 0.29) is 18.6 Å². The molecule has 8 heteroatoms. The third kappa shape index (κ3) is 3.70. The van der Waals surface area contributed by atoms with Gasteiger partial charge in [0.2, 0.25) is 5.91 Å². The Kier molecular flexibility index (Phi) is 4.83. The molecule has 1 fully saturated rings. The van der Waals surface area contributed by atoms with Gasteiger partial charge < -0.3 is 14.2 Å². The van der Waals surface area contributed by atoms with Crippen LogP contribution in [0.15, 0.2) is 47.5 Å². The molecule has 26 heavy (non-hydrogen) atoms. The van der Waals surface area contributed by atoms with Gasteiger partial charge in [0.05, 0.1) is 28.4 Å². The van der Waals surface area contributed by atoms with Crippen LogP contribution in [0.4, 0.5) is 0 Å². The number of amides is 1. The van der Waals surface area contributed by atoms with E-state index in [1.165, 1.54) is 0 Å². The van der Waals surface area contributed by atoms with E-state index in [9.17, 15) is 4.79 Å². The summed E-state index contributed by atoms with van der Waals surface area (Å²) >= 11 is 3.30. The summed E-state index contributed by atoms with van der Waals surface area (Å²) in [5, 5.41) is 0. The molecule has 1 aliphatic heterocycles. The molecule has 3 heterocycles. The van der Waals surface area contributed by atoms with Crippen LogP contribution in [0, 0.1) is 0 Å². The highest BCUT2D eigenvalue weighted by Gasteiger charge is 2.25. The number of carbonyl (C=O) groups is 1. The van der Waals surface area contributed by atoms with E-state index in [1.54, 1.807) is 18.7 Å². The Morgan fingerprint density at radius 3 is 2.88 bits per heavy atom. The summed E-state index contributed by atoms with van der Waals surface area (Å²) in [4.78, 5) is 27.2. The number of hydrogen-bond acceptors (Lipinski definition) is 5. The maximum absolute atomic E-state index is 12.7. The van der Waals surface area contributed by atoms with Gasteiger partial charge in [-0.3, -0.25) is 4.79 Å². The molecule has 1 amide bonds. The SMILES string of the molecule is O=C(Cn1cnc2ccccc21)N1CCCC(Oc2ncc(Br)cn2)C1. The topological polar surface area (TPSA) is 73.1 Å². The first-order valence-electron chi connectivity index (χ1n) is 8.51. The molecule has 0 aliphatic carbocycles. The molecule has 7 nitrogen and oxygen atoms in total. The lowest BCUT2D eigenvalue weighted by Crippen LogP contribution is -2.45. The van der Waals surface area contributed by atoms with Gasteiger partial charge in [0.1, 0.15) is 12.6 Å². The number of benzene rings is 1. The summed E-state index contributed by atoms with van der Waals surface area (Å²) in [5.41, 5.74) is 1.86. The lowest BCUT2D eigenvalue weighted by atomic mass is 10.1. The Hall–Kier alpha value is -2.48. The number of likely N-dealkylation sites (tertiary alicyclic amines) is 1. The molecule has 0 radical (unpaired) electrons. The second-order valence-corrected chi connectivity index (χ2v) is 7.18. The van der Waals surface area contributed by atoms with E-state index in [2.05, 4.69) is 30.9 Å². The number of fused-ring (bicyclic) bond motifs is 1. The fourth-order valence-electron chi connectivity index (χ4n) is 3.15. The molecule has 1 aromatic carbocycles. The quantitative estimate of drug-likeness (QED) is 0.654. The van der Waals surface area contributed by atoms with Gasteiger partial charge in [-0.05, 0) is 40.9 Å². The van der Waals surface area contributed by atoms with Crippen LogP contribution in [0.25, 0.3) is 11.0 Å². The Morgan fingerprint density at radius 2 is 2.04 bits per heavy atom. The summed E-state index contributed by atoms with van der Waals surface area (Å²) in [6.45, 7) is 1.57. The molecular formula is C18H18BrN5O2. The van der Waals surface area contributed by atoms with Crippen molar-refractivity contribution in [2.75, 3.05) is 13.1 Å². The van der Waals surface area contributed by atoms with Crippen LogP contribution in [-0.2, 0) is 11.3 Å². The van der Waals surface area contributed by atoms with E-state index in [4.69, 9.17) is 4.74 Å². The van der Waals surface area contributed by atoms with E-state index in [0.717, 1.165) is 34.9 Å². The van der Waals surface area contributed by atoms with Crippen LogP contribution in [0.1, 0.15) is 12.8 Å². The average molecular weight is 416 g/mol. The molecule has 1 atom stereocenters. The minimum atomic E-state index is -0.0894. The monoisotopic (exact) mass is 415 g/mol. The Bertz CT molecular complexity index is 911. The molecule has 134 valence electrons. The van der Waals surface area contributed by atoms with Gasteiger partial charge >= 0.3 is 6.01 Å². The molecule has 1 aliphatic rings. The maximum Gasteiger partial charge on any atom is 0.316 e. The van der Waals surface area contributed by atoms with Gasteiger partial charge in [0, 0.05) is 18.9 Å². The van der Waals surface area contributed by atoms with Crippen LogP contribution in [0.3, 0.4) is 0 Å². The number of piperidine rings is 1. The smallest absolute Gasteiger partial charge is 0.316 e. The van der Waals surface area contributed by atoms with Crippen LogP contribution in [0.5, 0.6) is 6.01 Å². The zero-order chi connectivity index (χ0) is 17.9. The van der Waals surface area contributed by atoms with Crippen molar-refractivity contribution in [3.8, 4) is 6.01 Å². The van der Waals surface area contributed by atoms with Crippen molar-refractivity contribution in [1.29, 1.82) is 0 Å². The normalized spacial score (nSPS) is 17.4. The summed E-state index contributed by atoms with van der Waals surface area (Å²) in [6, 6.07) is 8.15. The summed E-state index contributed by atoms with van der Waals surface area (Å²) in [6.07, 6.45) is 6.72. The Balaban J connectivity index is 1.40. The van der Waals surface area contributed by atoms with Gasteiger partial charge in [-0.2, -0.15) is 0 Å². The number of hydrogen-bond donors (Lipinski definition) is 0. The Morgan fingerprint density at radius 1 is 1.23 bits per heavy atom. The molecule has 0 bridgehead atoms. The molecule has 3 aromatic rings. The second-order valence-electron chi connectivity index (χ2n) is 6.27. The van der Waals surface area contributed by atoms with Gasteiger partial charge in [0.25, 0.3) is 0 Å². The number of ether oxygens (including phenoxy) is 1. The van der Waals surface area contributed by atoms with Gasteiger partial charge in [-0.1, -0.05) is 12.1 Å². The minimum absolute atomic E-state index is 0.0678. The van der Waals surface area contributed by atoms with Crippen molar-refractivity contribution >= 4 is 32.9 Å². The van der Waals surface area contributed by atoms with E-state index >= 15 is 0 Å². The largest absolute Gasteiger partial charge is 0.458 e. The van der Waals surface area contributed by atoms with Crippen LogP contribution in [-0.4, -0.2) is 49.5 Å². The van der Waals surface area contributed by atoms with Crippen molar-refractivity contribution in [2.24, 2.45) is 0 Å². The fraction of sp³-hybridized carbons (Fsp3) is 0.333. The first-order chi connectivity index (χ1) is 12.7. The molecule has 0 N–H and O–H groups in total. The summed E-state index contributed by atoms with van der Waals surface area (Å²) in [7, 11) is 0. The van der Waals surface area contributed by atoms with Crippen molar-refractivity contribution in [1.82, 2.24) is 24.4 Å². The van der Waals surface area contributed by atoms with Gasteiger partial charge in [-0.15, -0.1) is 0 Å². The second kappa shape index (κ2) is 7.41. The number of carbonyl (C=O) groups excluding carboxylic acids is 1. The standard InChI is InChI=1S/C18H18BrN5O2/c19-13-8-20-18(21-9-13)26-14-4-3-7-23(10-14)17(25)11-24-12-22-15-5-1-2-6-16(15)24/h1-2,5-6,8-9,12,14H,3-4,7,10-11H2. The minimum Gasteiger partial charge on any atom is -0.458 e. The van der Waals surface area contributed by atoms with Crippen molar-refractivity contribution in [2.45, 2.75) is 25.5 Å². The van der Waals surface area contributed by atoms with Crippen molar-refractivity contribution in [3.63, 3.8) is 0 Å². The maximum atomic E-state index is 12.7. The molecular weight excluding hydrogens is 398 g/mol. The predicted molar refractivity (Wildman–Crippen MR) is 99.7 cm³/mol. The van der Waals surface area contributed by atoms with Crippen LogP contribution >= 0.6 is 15.9 Å². The number of aromatic nitrogens is 4. The van der Waals surface area contributed by atoms with Gasteiger partial charge in [-0.25, -0.2) is 15.0 Å². The summed E-state index contributed by atoms with van der Waals surface area (Å²) in [5.74, 6) is 0.0678. The zero-order valence-corrected chi connectivity index (χ0v) is 15.7. The number of nitrogens with zero attached hydrogens (tertiary/aromatic N) is 5. The van der Waals surface area contributed by atoms with E-state index in [0.29, 0.717) is 12.6 Å². The highest BCUT2D eigenvalue weighted by Crippen LogP contribution is 2.18. The first-order valence-corrected chi connectivity index (χ1v) is 9.30. The van der Waals surface area contributed by atoms with Gasteiger partial charge in [0.15, 0.2) is 0 Å². The van der Waals surface area contributed by atoms with E-state index < -0.39 is 0 Å². The zero-order valence-electron chi connectivity index (χ0n) is 14.1. The molecule has 4 rings (SSSR count). The number of para-hydroxylation sites is 2. The molecule has 0 saturated carbocycles. The third-order valence-corrected chi connectivity index (χ3v) is 4.84. The number of rotatable bonds is 4. The average Bonchev–Trinajstić information content (AvgIpc) is 3.07. The Labute approximate surface area is 159 Å².